The molecule has 1 heterocycles. The molecule has 0 amide bonds. The van der Waals surface area contributed by atoms with Gasteiger partial charge in [0.1, 0.15) is 0 Å². The number of aliphatic hydroxyl groups excluding tert-OH is 1. The Bertz CT molecular complexity index is 308. The summed E-state index contributed by atoms with van der Waals surface area (Å²) in [6.07, 6.45) is 7.45. The smallest absolute Gasteiger partial charge is 0.0610 e. The van der Waals surface area contributed by atoms with Crippen LogP contribution in [0.1, 0.15) is 45.4 Å². The Morgan fingerprint density at radius 1 is 1.29 bits per heavy atom. The van der Waals surface area contributed by atoms with Gasteiger partial charge in [-0.05, 0) is 72.1 Å². The molecule has 1 aliphatic carbocycles. The molecule has 0 aromatic heterocycles. The Balaban J connectivity index is 1.55. The maximum absolute atomic E-state index is 9.61. The van der Waals surface area contributed by atoms with Gasteiger partial charge in [-0.25, -0.2) is 0 Å². The predicted molar refractivity (Wildman–Crippen MR) is 88.6 cm³/mol. The molecule has 4 heteroatoms. The van der Waals surface area contributed by atoms with E-state index in [-0.39, 0.29) is 12.1 Å². The number of nitrogens with one attached hydrogen (secondary N) is 1. The first-order valence-electron chi connectivity index (χ1n) is 8.76. The fourth-order valence-electron chi connectivity index (χ4n) is 3.52. The van der Waals surface area contributed by atoms with Crippen molar-refractivity contribution in [2.24, 2.45) is 5.92 Å². The summed E-state index contributed by atoms with van der Waals surface area (Å²) in [6.45, 7) is 7.38. The van der Waals surface area contributed by atoms with E-state index in [1.165, 1.54) is 58.3 Å². The lowest BCUT2D eigenvalue weighted by Crippen LogP contribution is -2.47. The lowest BCUT2D eigenvalue weighted by atomic mass is 9.95. The molecule has 2 fully saturated rings. The summed E-state index contributed by atoms with van der Waals surface area (Å²) in [7, 11) is 4.48. The summed E-state index contributed by atoms with van der Waals surface area (Å²) in [4.78, 5) is 4.93. The van der Waals surface area contributed by atoms with Crippen LogP contribution in [0.25, 0.3) is 0 Å². The van der Waals surface area contributed by atoms with E-state index in [0.717, 1.165) is 12.3 Å². The lowest BCUT2D eigenvalue weighted by molar-refractivity contribution is 0.159. The Kier molecular flexibility index (Phi) is 6.48. The number of aliphatic hydroxyl groups is 1. The van der Waals surface area contributed by atoms with E-state index >= 15 is 0 Å². The second kappa shape index (κ2) is 7.91. The Hall–Kier alpha value is -0.160. The number of hydrogen-bond donors (Lipinski definition) is 2. The SMILES string of the molecule is CN(CCCCC(C)(CO)NC1CC1)CC1CCN(C)C1. The minimum atomic E-state index is -0.0616. The fourth-order valence-corrected chi connectivity index (χ4v) is 3.52. The lowest BCUT2D eigenvalue weighted by Gasteiger charge is -2.29. The molecule has 4 nitrogen and oxygen atoms in total. The topological polar surface area (TPSA) is 38.7 Å². The quantitative estimate of drug-likeness (QED) is 0.600. The molecule has 1 aliphatic heterocycles. The molecule has 2 unspecified atom stereocenters. The molecular formula is C17H35N3O. The molecular weight excluding hydrogens is 262 g/mol. The third-order valence-electron chi connectivity index (χ3n) is 5.06. The molecule has 2 rings (SSSR count). The molecule has 0 aromatic rings. The summed E-state index contributed by atoms with van der Waals surface area (Å²) < 4.78 is 0. The van der Waals surface area contributed by atoms with Crippen molar-refractivity contribution in [2.75, 3.05) is 46.9 Å². The van der Waals surface area contributed by atoms with E-state index in [1.807, 2.05) is 0 Å². The van der Waals surface area contributed by atoms with Crippen LogP contribution in [0.15, 0.2) is 0 Å². The summed E-state index contributed by atoms with van der Waals surface area (Å²) >= 11 is 0. The van der Waals surface area contributed by atoms with Crippen molar-refractivity contribution in [3.8, 4) is 0 Å². The molecule has 124 valence electrons. The van der Waals surface area contributed by atoms with Crippen molar-refractivity contribution in [3.05, 3.63) is 0 Å². The predicted octanol–water partition coefficient (Wildman–Crippen LogP) is 1.54. The first-order chi connectivity index (χ1) is 10.0. The molecule has 2 aliphatic rings. The Labute approximate surface area is 130 Å². The number of likely N-dealkylation sites (tertiary alicyclic amines) is 1. The van der Waals surface area contributed by atoms with Crippen LogP contribution in [-0.4, -0.2) is 73.4 Å². The number of unbranched alkanes of at least 4 members (excludes halogenated alkanes) is 1. The van der Waals surface area contributed by atoms with Gasteiger partial charge in [0.2, 0.25) is 0 Å². The second-order valence-electron chi connectivity index (χ2n) is 7.77. The third kappa shape index (κ3) is 6.23. The van der Waals surface area contributed by atoms with Gasteiger partial charge in [-0.3, -0.25) is 0 Å². The number of rotatable bonds is 10. The summed E-state index contributed by atoms with van der Waals surface area (Å²) in [6, 6.07) is 0.671. The highest BCUT2D eigenvalue weighted by Crippen LogP contribution is 2.25. The van der Waals surface area contributed by atoms with Crippen molar-refractivity contribution in [2.45, 2.75) is 57.0 Å². The molecule has 0 aromatic carbocycles. The summed E-state index contributed by atoms with van der Waals surface area (Å²) in [5, 5.41) is 13.2. The third-order valence-corrected chi connectivity index (χ3v) is 5.06. The van der Waals surface area contributed by atoms with Crippen molar-refractivity contribution in [3.63, 3.8) is 0 Å². The zero-order valence-corrected chi connectivity index (χ0v) is 14.3. The van der Waals surface area contributed by atoms with Crippen LogP contribution in [0.2, 0.25) is 0 Å². The zero-order valence-electron chi connectivity index (χ0n) is 14.3. The van der Waals surface area contributed by atoms with Crippen LogP contribution >= 0.6 is 0 Å². The van der Waals surface area contributed by atoms with Gasteiger partial charge < -0.3 is 20.2 Å². The maximum atomic E-state index is 9.61. The van der Waals surface area contributed by atoms with Crippen LogP contribution in [0.3, 0.4) is 0 Å². The normalized spacial score (nSPS) is 26.4. The number of hydrogen-bond acceptors (Lipinski definition) is 4. The molecule has 2 atom stereocenters. The van der Waals surface area contributed by atoms with Crippen molar-refractivity contribution in [1.82, 2.24) is 15.1 Å². The zero-order chi connectivity index (χ0) is 15.3. The van der Waals surface area contributed by atoms with E-state index in [4.69, 9.17) is 0 Å². The minimum Gasteiger partial charge on any atom is -0.394 e. The van der Waals surface area contributed by atoms with Gasteiger partial charge in [0.25, 0.3) is 0 Å². The van der Waals surface area contributed by atoms with Crippen LogP contribution in [0.4, 0.5) is 0 Å². The molecule has 1 saturated heterocycles. The first kappa shape index (κ1) is 17.2. The summed E-state index contributed by atoms with van der Waals surface area (Å²) in [5.41, 5.74) is -0.0616. The Morgan fingerprint density at radius 3 is 2.62 bits per heavy atom. The fraction of sp³-hybridized carbons (Fsp3) is 1.00. The van der Waals surface area contributed by atoms with Gasteiger partial charge in [0.15, 0.2) is 0 Å². The monoisotopic (exact) mass is 297 g/mol. The van der Waals surface area contributed by atoms with Gasteiger partial charge in [-0.2, -0.15) is 0 Å². The molecule has 0 radical (unpaired) electrons. The molecule has 0 spiro atoms. The highest BCUT2D eigenvalue weighted by molar-refractivity contribution is 4.92. The molecule has 0 bridgehead atoms. The second-order valence-corrected chi connectivity index (χ2v) is 7.77. The van der Waals surface area contributed by atoms with E-state index in [2.05, 4.69) is 36.1 Å². The van der Waals surface area contributed by atoms with Crippen LogP contribution in [0, 0.1) is 5.92 Å². The van der Waals surface area contributed by atoms with Gasteiger partial charge in [-0.1, -0.05) is 6.42 Å². The average Bonchev–Trinajstić information content (AvgIpc) is 3.16. The van der Waals surface area contributed by atoms with E-state index in [0.29, 0.717) is 6.04 Å². The highest BCUT2D eigenvalue weighted by atomic mass is 16.3. The molecule has 21 heavy (non-hydrogen) atoms. The van der Waals surface area contributed by atoms with Crippen LogP contribution < -0.4 is 5.32 Å². The van der Waals surface area contributed by atoms with Crippen LogP contribution in [0.5, 0.6) is 0 Å². The van der Waals surface area contributed by atoms with Gasteiger partial charge >= 0.3 is 0 Å². The average molecular weight is 297 g/mol. The van der Waals surface area contributed by atoms with Crippen molar-refractivity contribution >= 4 is 0 Å². The van der Waals surface area contributed by atoms with Crippen molar-refractivity contribution in [1.29, 1.82) is 0 Å². The van der Waals surface area contributed by atoms with Gasteiger partial charge in [-0.15, -0.1) is 0 Å². The first-order valence-corrected chi connectivity index (χ1v) is 8.76. The standard InChI is InChI=1S/C17H35N3O/c1-17(14-21,18-16-6-7-16)9-4-5-10-19(2)12-15-8-11-20(3)13-15/h15-16,18,21H,4-14H2,1-3H3. The summed E-state index contributed by atoms with van der Waals surface area (Å²) in [5.74, 6) is 0.860. The number of nitrogens with zero attached hydrogens (tertiary/aromatic N) is 2. The molecule has 2 N–H and O–H groups in total. The van der Waals surface area contributed by atoms with Crippen molar-refractivity contribution < 1.29 is 5.11 Å². The van der Waals surface area contributed by atoms with Gasteiger partial charge in [0.05, 0.1) is 6.61 Å². The van der Waals surface area contributed by atoms with E-state index in [9.17, 15) is 5.11 Å². The maximum Gasteiger partial charge on any atom is 0.0610 e. The minimum absolute atomic E-state index is 0.0616. The Morgan fingerprint density at radius 2 is 2.05 bits per heavy atom. The van der Waals surface area contributed by atoms with E-state index in [1.54, 1.807) is 0 Å². The largest absolute Gasteiger partial charge is 0.394 e. The van der Waals surface area contributed by atoms with Gasteiger partial charge in [0, 0.05) is 24.7 Å². The van der Waals surface area contributed by atoms with E-state index < -0.39 is 0 Å². The van der Waals surface area contributed by atoms with Crippen LogP contribution in [-0.2, 0) is 0 Å². The highest BCUT2D eigenvalue weighted by Gasteiger charge is 2.31. The molecule has 1 saturated carbocycles.